The highest BCUT2D eigenvalue weighted by Gasteiger charge is 2.38. The van der Waals surface area contributed by atoms with Crippen LogP contribution in [-0.4, -0.2) is 62.5 Å². The first-order valence-corrected chi connectivity index (χ1v) is 10.9. The van der Waals surface area contributed by atoms with Crippen LogP contribution in [0.1, 0.15) is 39.3 Å². The van der Waals surface area contributed by atoms with E-state index in [0.29, 0.717) is 24.3 Å². The molecule has 0 radical (unpaired) electrons. The Bertz CT molecular complexity index is 1100. The summed E-state index contributed by atoms with van der Waals surface area (Å²) in [5.74, 6) is -1.22. The lowest BCUT2D eigenvalue weighted by Gasteiger charge is -2.47. The van der Waals surface area contributed by atoms with Gasteiger partial charge in [-0.15, -0.1) is 0 Å². The van der Waals surface area contributed by atoms with Crippen molar-refractivity contribution in [1.82, 2.24) is 25.0 Å². The molecule has 1 aromatic carbocycles. The third kappa shape index (κ3) is 4.65. The zero-order chi connectivity index (χ0) is 22.9. The first-order valence-electron chi connectivity index (χ1n) is 10.9. The van der Waals surface area contributed by atoms with E-state index in [1.165, 1.54) is 6.20 Å². The van der Waals surface area contributed by atoms with Gasteiger partial charge in [0.1, 0.15) is 0 Å². The van der Waals surface area contributed by atoms with E-state index in [-0.39, 0.29) is 17.5 Å². The molecule has 2 N–H and O–H groups in total. The molecule has 1 fully saturated rings. The van der Waals surface area contributed by atoms with Gasteiger partial charge in [0.25, 0.3) is 0 Å². The quantitative estimate of drug-likeness (QED) is 0.618. The lowest BCUT2D eigenvalue weighted by Crippen LogP contribution is -2.58. The van der Waals surface area contributed by atoms with Crippen LogP contribution in [0, 0.1) is 5.41 Å². The number of anilines is 1. The maximum atomic E-state index is 13.3. The number of fused-ring (bicyclic) bond motifs is 1. The number of H-pyrrole nitrogens is 1. The van der Waals surface area contributed by atoms with Crippen molar-refractivity contribution in [3.8, 4) is 0 Å². The molecule has 32 heavy (non-hydrogen) atoms. The van der Waals surface area contributed by atoms with E-state index in [1.54, 1.807) is 17.3 Å². The average Bonchev–Trinajstić information content (AvgIpc) is 3.24. The van der Waals surface area contributed by atoms with Gasteiger partial charge in [0.2, 0.25) is 0 Å². The Kier molecular flexibility index (Phi) is 5.97. The van der Waals surface area contributed by atoms with Crippen LogP contribution in [0.15, 0.2) is 48.9 Å². The van der Waals surface area contributed by atoms with E-state index < -0.39 is 11.8 Å². The second-order valence-electron chi connectivity index (χ2n) is 9.70. The molecule has 0 unspecified atom stereocenters. The predicted molar refractivity (Wildman–Crippen MR) is 124 cm³/mol. The molecule has 1 saturated heterocycles. The number of hydrogen-bond donors (Lipinski definition) is 2. The summed E-state index contributed by atoms with van der Waals surface area (Å²) < 4.78 is 0. The number of carbonyl (C=O) groups excluding carboxylic acids is 2. The van der Waals surface area contributed by atoms with E-state index >= 15 is 0 Å². The number of nitrogens with one attached hydrogen (secondary N) is 2. The SMILES string of the molecule is C[C@@H]1CN(C(=O)C(=O)Nc2cncc3cn[nH]c23)[C@@H](c2ccccc2)CN1CC(C)(C)C. The predicted octanol–water partition coefficient (Wildman–Crippen LogP) is 3.22. The summed E-state index contributed by atoms with van der Waals surface area (Å²) in [5, 5.41) is 10.3. The molecule has 3 heterocycles. The fraction of sp³-hybridized carbons (Fsp3) is 0.417. The molecule has 2 atom stereocenters. The Morgan fingerprint density at radius 1 is 1.12 bits per heavy atom. The Labute approximate surface area is 188 Å². The molecule has 168 valence electrons. The standard InChI is InChI=1S/C24H30N6O2/c1-16-13-30(20(17-8-6-5-7-9-17)14-29(16)15-24(2,3)4)23(32)22(31)27-19-12-25-10-18-11-26-28-21(18)19/h5-12,16,20H,13-15H2,1-4H3,(H,26,28)(H,27,31)/t16-,20-/m1/s1. The van der Waals surface area contributed by atoms with E-state index in [0.717, 1.165) is 17.5 Å². The average molecular weight is 435 g/mol. The Morgan fingerprint density at radius 3 is 2.59 bits per heavy atom. The number of hydrogen-bond acceptors (Lipinski definition) is 5. The first-order chi connectivity index (χ1) is 15.2. The minimum atomic E-state index is -0.675. The highest BCUT2D eigenvalue weighted by atomic mass is 16.2. The zero-order valence-electron chi connectivity index (χ0n) is 19.0. The van der Waals surface area contributed by atoms with Gasteiger partial charge in [-0.25, -0.2) is 0 Å². The molecule has 2 amide bonds. The molecule has 0 saturated carbocycles. The lowest BCUT2D eigenvalue weighted by atomic mass is 9.92. The van der Waals surface area contributed by atoms with Crippen LogP contribution in [0.25, 0.3) is 10.9 Å². The molecule has 0 aliphatic carbocycles. The molecular weight excluding hydrogens is 404 g/mol. The van der Waals surface area contributed by atoms with Gasteiger partial charge in [0.05, 0.1) is 29.6 Å². The number of piperazine rings is 1. The van der Waals surface area contributed by atoms with Crippen LogP contribution in [0.5, 0.6) is 0 Å². The van der Waals surface area contributed by atoms with Crippen molar-refractivity contribution in [2.75, 3.05) is 25.0 Å². The van der Waals surface area contributed by atoms with Gasteiger partial charge < -0.3 is 10.2 Å². The highest BCUT2D eigenvalue weighted by molar-refractivity contribution is 6.40. The number of aromatic nitrogens is 3. The largest absolute Gasteiger partial charge is 0.325 e. The smallest absolute Gasteiger partial charge is 0.314 e. The Morgan fingerprint density at radius 2 is 1.88 bits per heavy atom. The minimum Gasteiger partial charge on any atom is -0.325 e. The van der Waals surface area contributed by atoms with Crippen LogP contribution in [0.2, 0.25) is 0 Å². The summed E-state index contributed by atoms with van der Waals surface area (Å²) >= 11 is 0. The fourth-order valence-corrected chi connectivity index (χ4v) is 4.31. The number of rotatable bonds is 3. The maximum absolute atomic E-state index is 13.3. The molecule has 8 heteroatoms. The van der Waals surface area contributed by atoms with Crippen molar-refractivity contribution in [3.05, 3.63) is 54.5 Å². The zero-order valence-corrected chi connectivity index (χ0v) is 19.0. The van der Waals surface area contributed by atoms with Gasteiger partial charge in [-0.2, -0.15) is 5.10 Å². The molecule has 1 aliphatic heterocycles. The molecular formula is C24H30N6O2. The number of carbonyl (C=O) groups is 2. The van der Waals surface area contributed by atoms with Crippen molar-refractivity contribution in [2.45, 2.75) is 39.8 Å². The van der Waals surface area contributed by atoms with Crippen LogP contribution in [0.3, 0.4) is 0 Å². The van der Waals surface area contributed by atoms with Crippen LogP contribution in [0.4, 0.5) is 5.69 Å². The number of amides is 2. The van der Waals surface area contributed by atoms with Crippen molar-refractivity contribution in [3.63, 3.8) is 0 Å². The third-order valence-corrected chi connectivity index (χ3v) is 5.79. The summed E-state index contributed by atoms with van der Waals surface area (Å²) in [6.07, 6.45) is 4.80. The van der Waals surface area contributed by atoms with Crippen molar-refractivity contribution < 1.29 is 9.59 Å². The summed E-state index contributed by atoms with van der Waals surface area (Å²) in [5.41, 5.74) is 2.24. The van der Waals surface area contributed by atoms with Crippen LogP contribution < -0.4 is 5.32 Å². The maximum Gasteiger partial charge on any atom is 0.314 e. The van der Waals surface area contributed by atoms with Gasteiger partial charge in [-0.1, -0.05) is 51.1 Å². The van der Waals surface area contributed by atoms with Gasteiger partial charge in [0.15, 0.2) is 0 Å². The Balaban J connectivity index is 1.58. The monoisotopic (exact) mass is 434 g/mol. The molecule has 4 rings (SSSR count). The summed E-state index contributed by atoms with van der Waals surface area (Å²) in [6, 6.07) is 9.87. The van der Waals surface area contributed by atoms with Crippen molar-refractivity contribution in [2.24, 2.45) is 5.41 Å². The molecule has 8 nitrogen and oxygen atoms in total. The molecule has 2 aromatic heterocycles. The number of pyridine rings is 1. The lowest BCUT2D eigenvalue weighted by molar-refractivity contribution is -0.148. The van der Waals surface area contributed by atoms with Gasteiger partial charge in [0, 0.05) is 37.3 Å². The summed E-state index contributed by atoms with van der Waals surface area (Å²) in [7, 11) is 0. The van der Waals surface area contributed by atoms with E-state index in [4.69, 9.17) is 0 Å². The highest BCUT2D eigenvalue weighted by Crippen LogP contribution is 2.30. The second kappa shape index (κ2) is 8.70. The fourth-order valence-electron chi connectivity index (χ4n) is 4.31. The molecule has 0 bridgehead atoms. The minimum absolute atomic E-state index is 0.134. The van der Waals surface area contributed by atoms with Gasteiger partial charge in [-0.3, -0.25) is 24.6 Å². The molecule has 0 spiro atoms. The number of benzene rings is 1. The summed E-state index contributed by atoms with van der Waals surface area (Å²) in [6.45, 7) is 10.8. The number of aromatic amines is 1. The number of nitrogens with zero attached hydrogens (tertiary/aromatic N) is 4. The normalized spacial score (nSPS) is 19.8. The Hall–Kier alpha value is -3.26. The van der Waals surface area contributed by atoms with Gasteiger partial charge in [-0.05, 0) is 17.9 Å². The van der Waals surface area contributed by atoms with Crippen LogP contribution in [-0.2, 0) is 9.59 Å². The topological polar surface area (TPSA) is 94.2 Å². The van der Waals surface area contributed by atoms with Crippen molar-refractivity contribution in [1.29, 1.82) is 0 Å². The third-order valence-electron chi connectivity index (χ3n) is 5.79. The molecule has 1 aliphatic rings. The molecule has 3 aromatic rings. The van der Waals surface area contributed by atoms with E-state index in [2.05, 4.69) is 53.1 Å². The van der Waals surface area contributed by atoms with E-state index in [1.807, 2.05) is 30.3 Å². The van der Waals surface area contributed by atoms with Gasteiger partial charge >= 0.3 is 11.8 Å². The first kappa shape index (κ1) is 22.0. The van der Waals surface area contributed by atoms with E-state index in [9.17, 15) is 9.59 Å². The summed E-state index contributed by atoms with van der Waals surface area (Å²) in [4.78, 5) is 34.6. The van der Waals surface area contributed by atoms with Crippen molar-refractivity contribution >= 4 is 28.4 Å². The van der Waals surface area contributed by atoms with Crippen LogP contribution >= 0.6 is 0 Å². The second-order valence-corrected chi connectivity index (χ2v) is 9.70.